The molecule has 1 N–H and O–H groups in total. The summed E-state index contributed by atoms with van der Waals surface area (Å²) >= 11 is 0. The number of para-hydroxylation sites is 1. The first kappa shape index (κ1) is 19.6. The molecular formula is C23H28N2O4. The van der Waals surface area contributed by atoms with Crippen LogP contribution < -0.4 is 19.5 Å². The van der Waals surface area contributed by atoms with Crippen LogP contribution in [0, 0.1) is 0 Å². The third-order valence-corrected chi connectivity index (χ3v) is 5.64. The minimum atomic E-state index is -0.117. The summed E-state index contributed by atoms with van der Waals surface area (Å²) in [5, 5.41) is 3.11. The van der Waals surface area contributed by atoms with Crippen molar-refractivity contribution in [1.29, 1.82) is 0 Å². The van der Waals surface area contributed by atoms with E-state index in [0.29, 0.717) is 19.8 Å². The lowest BCUT2D eigenvalue weighted by atomic mass is 10.0. The monoisotopic (exact) mass is 396 g/mol. The third kappa shape index (κ3) is 4.32. The Morgan fingerprint density at radius 1 is 1.21 bits per heavy atom. The van der Waals surface area contributed by atoms with E-state index in [1.807, 2.05) is 37.3 Å². The Labute approximate surface area is 171 Å². The highest BCUT2D eigenvalue weighted by Gasteiger charge is 2.29. The summed E-state index contributed by atoms with van der Waals surface area (Å²) in [5.41, 5.74) is 2.16. The Morgan fingerprint density at radius 2 is 2.00 bits per heavy atom. The fraction of sp³-hybridized carbons (Fsp3) is 0.435. The van der Waals surface area contributed by atoms with Crippen LogP contribution in [0.4, 0.5) is 0 Å². The molecule has 2 aliphatic rings. The zero-order valence-corrected chi connectivity index (χ0v) is 17.0. The summed E-state index contributed by atoms with van der Waals surface area (Å²) < 4.78 is 16.8. The molecule has 0 bridgehead atoms. The maximum absolute atomic E-state index is 12.8. The zero-order valence-electron chi connectivity index (χ0n) is 17.0. The summed E-state index contributed by atoms with van der Waals surface area (Å²) in [7, 11) is 1.65. The Hall–Kier alpha value is -2.73. The number of hydrogen-bond acceptors (Lipinski definition) is 5. The SMILES string of the molecule is COc1ccccc1[C@H](C)NC(=O)CN1CCC[C@H]1c1ccc2c(c1)OCCO2. The number of nitrogens with one attached hydrogen (secondary N) is 1. The second-order valence-electron chi connectivity index (χ2n) is 7.56. The molecule has 0 saturated carbocycles. The van der Waals surface area contributed by atoms with E-state index >= 15 is 0 Å². The van der Waals surface area contributed by atoms with Crippen molar-refractivity contribution in [3.8, 4) is 17.2 Å². The molecule has 6 nitrogen and oxygen atoms in total. The topological polar surface area (TPSA) is 60.0 Å². The van der Waals surface area contributed by atoms with Gasteiger partial charge < -0.3 is 19.5 Å². The van der Waals surface area contributed by atoms with Gasteiger partial charge in [-0.1, -0.05) is 24.3 Å². The molecule has 0 spiro atoms. The number of amides is 1. The van der Waals surface area contributed by atoms with E-state index in [1.165, 1.54) is 5.56 Å². The predicted octanol–water partition coefficient (Wildman–Crippen LogP) is 3.48. The fourth-order valence-corrected chi connectivity index (χ4v) is 4.23. The van der Waals surface area contributed by atoms with Crippen molar-refractivity contribution in [1.82, 2.24) is 10.2 Å². The van der Waals surface area contributed by atoms with Gasteiger partial charge in [-0.3, -0.25) is 9.69 Å². The van der Waals surface area contributed by atoms with Gasteiger partial charge in [-0.05, 0) is 50.1 Å². The van der Waals surface area contributed by atoms with Crippen molar-refractivity contribution in [2.45, 2.75) is 31.8 Å². The zero-order chi connectivity index (χ0) is 20.2. The van der Waals surface area contributed by atoms with Crippen LogP contribution in [0.2, 0.25) is 0 Å². The van der Waals surface area contributed by atoms with E-state index in [-0.39, 0.29) is 18.0 Å². The Balaban J connectivity index is 1.41. The number of benzene rings is 2. The Bertz CT molecular complexity index is 870. The van der Waals surface area contributed by atoms with E-state index in [9.17, 15) is 4.79 Å². The van der Waals surface area contributed by atoms with Crippen LogP contribution >= 0.6 is 0 Å². The molecule has 2 heterocycles. The minimum Gasteiger partial charge on any atom is -0.496 e. The molecule has 2 aromatic rings. The Morgan fingerprint density at radius 3 is 2.83 bits per heavy atom. The largest absolute Gasteiger partial charge is 0.496 e. The maximum Gasteiger partial charge on any atom is 0.234 e. The second kappa shape index (κ2) is 8.74. The minimum absolute atomic E-state index is 0.0212. The molecule has 2 aromatic carbocycles. The van der Waals surface area contributed by atoms with E-state index in [1.54, 1.807) is 7.11 Å². The number of methoxy groups -OCH3 is 1. The van der Waals surface area contributed by atoms with Crippen LogP contribution in [0.15, 0.2) is 42.5 Å². The van der Waals surface area contributed by atoms with Gasteiger partial charge in [0.05, 0.1) is 19.7 Å². The first-order valence-electron chi connectivity index (χ1n) is 10.2. The van der Waals surface area contributed by atoms with Crippen LogP contribution in [-0.4, -0.2) is 44.2 Å². The number of carbonyl (C=O) groups excluding carboxylic acids is 1. The first-order valence-corrected chi connectivity index (χ1v) is 10.2. The molecule has 1 amide bonds. The number of rotatable bonds is 6. The van der Waals surface area contributed by atoms with Crippen molar-refractivity contribution < 1.29 is 19.0 Å². The summed E-state index contributed by atoms with van der Waals surface area (Å²) in [4.78, 5) is 15.0. The average molecular weight is 396 g/mol. The van der Waals surface area contributed by atoms with Gasteiger partial charge in [-0.25, -0.2) is 0 Å². The van der Waals surface area contributed by atoms with Crippen molar-refractivity contribution in [3.63, 3.8) is 0 Å². The van der Waals surface area contributed by atoms with Crippen molar-refractivity contribution in [2.75, 3.05) is 33.4 Å². The third-order valence-electron chi connectivity index (χ3n) is 5.64. The van der Waals surface area contributed by atoms with Gasteiger partial charge in [-0.15, -0.1) is 0 Å². The number of carbonyl (C=O) groups is 1. The van der Waals surface area contributed by atoms with Crippen LogP contribution in [0.1, 0.15) is 43.0 Å². The van der Waals surface area contributed by atoms with E-state index < -0.39 is 0 Å². The molecule has 154 valence electrons. The van der Waals surface area contributed by atoms with Crippen molar-refractivity contribution in [3.05, 3.63) is 53.6 Å². The molecule has 0 aliphatic carbocycles. The second-order valence-corrected chi connectivity index (χ2v) is 7.56. The maximum atomic E-state index is 12.8. The summed E-state index contributed by atoms with van der Waals surface area (Å²) in [6, 6.07) is 14.0. The number of nitrogens with zero attached hydrogens (tertiary/aromatic N) is 1. The van der Waals surface area contributed by atoms with E-state index in [0.717, 1.165) is 42.2 Å². The molecular weight excluding hydrogens is 368 g/mol. The van der Waals surface area contributed by atoms with E-state index in [4.69, 9.17) is 14.2 Å². The highest BCUT2D eigenvalue weighted by molar-refractivity contribution is 5.78. The molecule has 0 unspecified atom stereocenters. The van der Waals surface area contributed by atoms with E-state index in [2.05, 4.69) is 22.3 Å². The highest BCUT2D eigenvalue weighted by atomic mass is 16.6. The number of likely N-dealkylation sites (tertiary alicyclic amines) is 1. The van der Waals surface area contributed by atoms with Crippen LogP contribution in [0.3, 0.4) is 0 Å². The predicted molar refractivity (Wildman–Crippen MR) is 111 cm³/mol. The fourth-order valence-electron chi connectivity index (χ4n) is 4.23. The quantitative estimate of drug-likeness (QED) is 0.810. The summed E-state index contributed by atoms with van der Waals surface area (Å²) in [6.07, 6.45) is 2.11. The lowest BCUT2D eigenvalue weighted by molar-refractivity contribution is -0.123. The smallest absolute Gasteiger partial charge is 0.234 e. The normalized spacial score (nSPS) is 19.6. The van der Waals surface area contributed by atoms with Crippen LogP contribution in [-0.2, 0) is 4.79 Å². The summed E-state index contributed by atoms with van der Waals surface area (Å²) in [6.45, 7) is 4.44. The van der Waals surface area contributed by atoms with Gasteiger partial charge in [0.1, 0.15) is 19.0 Å². The molecule has 4 rings (SSSR count). The van der Waals surface area contributed by atoms with Gasteiger partial charge in [0.15, 0.2) is 11.5 Å². The molecule has 1 fully saturated rings. The van der Waals surface area contributed by atoms with Gasteiger partial charge in [0.2, 0.25) is 5.91 Å². The van der Waals surface area contributed by atoms with Crippen LogP contribution in [0.5, 0.6) is 17.2 Å². The van der Waals surface area contributed by atoms with Crippen molar-refractivity contribution >= 4 is 5.91 Å². The number of ether oxygens (including phenoxy) is 3. The summed E-state index contributed by atoms with van der Waals surface area (Å²) in [5.74, 6) is 2.41. The molecule has 29 heavy (non-hydrogen) atoms. The van der Waals surface area contributed by atoms with Crippen LogP contribution in [0.25, 0.3) is 0 Å². The number of fused-ring (bicyclic) bond motifs is 1. The molecule has 0 radical (unpaired) electrons. The standard InChI is InChI=1S/C23H28N2O4/c1-16(18-6-3-4-8-20(18)27-2)24-23(26)15-25-11-5-7-19(25)17-9-10-21-22(14-17)29-13-12-28-21/h3-4,6,8-10,14,16,19H,5,7,11-13,15H2,1-2H3,(H,24,26)/t16-,19-/m0/s1. The molecule has 2 atom stereocenters. The molecule has 1 saturated heterocycles. The highest BCUT2D eigenvalue weighted by Crippen LogP contribution is 2.38. The molecule has 6 heteroatoms. The Kier molecular flexibility index (Phi) is 5.90. The van der Waals surface area contributed by atoms with Gasteiger partial charge in [-0.2, -0.15) is 0 Å². The average Bonchev–Trinajstić information content (AvgIpc) is 3.21. The van der Waals surface area contributed by atoms with Gasteiger partial charge >= 0.3 is 0 Å². The lowest BCUT2D eigenvalue weighted by Crippen LogP contribution is -2.38. The van der Waals surface area contributed by atoms with Gasteiger partial charge in [0, 0.05) is 11.6 Å². The molecule has 2 aliphatic heterocycles. The first-order chi connectivity index (χ1) is 14.2. The van der Waals surface area contributed by atoms with Crippen molar-refractivity contribution in [2.24, 2.45) is 0 Å². The molecule has 0 aromatic heterocycles. The van der Waals surface area contributed by atoms with Gasteiger partial charge in [0.25, 0.3) is 0 Å². The number of hydrogen-bond donors (Lipinski definition) is 1. The lowest BCUT2D eigenvalue weighted by Gasteiger charge is -2.27.